The number of amides is 1. The standard InChI is InChI=1S/C16H15N3O5S/c1-10-2-7-14(20)13(8-10)17-16(25)18-15(21)9-24-12-5-3-11(4-6-12)19(22)23/h2-8,20H,9H2,1H3,(H2,17,18,21,25). The molecule has 3 N–H and O–H groups in total. The number of thiocarbonyl (C=S) groups is 1. The molecule has 130 valence electrons. The van der Waals surface area contributed by atoms with E-state index >= 15 is 0 Å². The van der Waals surface area contributed by atoms with Gasteiger partial charge in [-0.05, 0) is 49.0 Å². The second kappa shape index (κ2) is 8.06. The molecule has 8 nitrogen and oxygen atoms in total. The number of phenols is 1. The van der Waals surface area contributed by atoms with Crippen LogP contribution in [0.15, 0.2) is 42.5 Å². The SMILES string of the molecule is Cc1ccc(O)c(NC(=S)NC(=O)COc2ccc([N+](=O)[O-])cc2)c1. The number of nitrogens with zero attached hydrogens (tertiary/aromatic N) is 1. The van der Waals surface area contributed by atoms with Crippen LogP contribution in [-0.4, -0.2) is 27.7 Å². The largest absolute Gasteiger partial charge is 0.506 e. The Labute approximate surface area is 148 Å². The number of nitro groups is 1. The third-order valence-electron chi connectivity index (χ3n) is 3.07. The van der Waals surface area contributed by atoms with Crippen molar-refractivity contribution in [3.8, 4) is 11.5 Å². The van der Waals surface area contributed by atoms with Crippen LogP contribution < -0.4 is 15.4 Å². The predicted octanol–water partition coefficient (Wildman–Crippen LogP) is 2.50. The minimum atomic E-state index is -0.526. The highest BCUT2D eigenvalue weighted by Gasteiger charge is 2.09. The van der Waals surface area contributed by atoms with Crippen molar-refractivity contribution in [2.45, 2.75) is 6.92 Å². The average Bonchev–Trinajstić information content (AvgIpc) is 2.56. The third kappa shape index (κ3) is 5.43. The van der Waals surface area contributed by atoms with Crippen LogP contribution in [0, 0.1) is 17.0 Å². The number of ether oxygens (including phenoxy) is 1. The fourth-order valence-corrected chi connectivity index (χ4v) is 2.10. The summed E-state index contributed by atoms with van der Waals surface area (Å²) in [5.41, 5.74) is 1.22. The summed E-state index contributed by atoms with van der Waals surface area (Å²) in [6.45, 7) is 1.53. The lowest BCUT2D eigenvalue weighted by Crippen LogP contribution is -2.37. The third-order valence-corrected chi connectivity index (χ3v) is 3.27. The Bertz CT molecular complexity index is 808. The van der Waals surface area contributed by atoms with Crippen molar-refractivity contribution in [1.82, 2.24) is 5.32 Å². The average molecular weight is 361 g/mol. The number of carbonyl (C=O) groups is 1. The van der Waals surface area contributed by atoms with Crippen molar-refractivity contribution in [1.29, 1.82) is 0 Å². The van der Waals surface area contributed by atoms with Crippen LogP contribution >= 0.6 is 12.2 Å². The first-order valence-corrected chi connectivity index (χ1v) is 7.53. The van der Waals surface area contributed by atoms with E-state index < -0.39 is 10.8 Å². The summed E-state index contributed by atoms with van der Waals surface area (Å²) in [5.74, 6) is -0.191. The van der Waals surface area contributed by atoms with Crippen molar-refractivity contribution in [2.75, 3.05) is 11.9 Å². The predicted molar refractivity (Wildman–Crippen MR) is 95.8 cm³/mol. The molecular formula is C16H15N3O5S. The van der Waals surface area contributed by atoms with Gasteiger partial charge in [0.15, 0.2) is 11.7 Å². The Kier molecular flexibility index (Phi) is 5.85. The number of aromatic hydroxyl groups is 1. The number of benzene rings is 2. The Balaban J connectivity index is 1.84. The summed E-state index contributed by atoms with van der Waals surface area (Å²) in [7, 11) is 0. The normalized spacial score (nSPS) is 9.96. The van der Waals surface area contributed by atoms with E-state index in [4.69, 9.17) is 17.0 Å². The maximum Gasteiger partial charge on any atom is 0.269 e. The number of carbonyl (C=O) groups excluding carboxylic acids is 1. The van der Waals surface area contributed by atoms with Gasteiger partial charge in [0.25, 0.3) is 11.6 Å². The maximum atomic E-state index is 11.8. The zero-order valence-electron chi connectivity index (χ0n) is 13.2. The van der Waals surface area contributed by atoms with Gasteiger partial charge < -0.3 is 15.2 Å². The smallest absolute Gasteiger partial charge is 0.269 e. The molecule has 0 bridgehead atoms. The van der Waals surface area contributed by atoms with Gasteiger partial charge in [0.1, 0.15) is 11.5 Å². The Morgan fingerprint density at radius 1 is 1.28 bits per heavy atom. The quantitative estimate of drug-likeness (QED) is 0.324. The molecule has 0 saturated carbocycles. The number of hydrogen-bond donors (Lipinski definition) is 3. The lowest BCUT2D eigenvalue weighted by atomic mass is 10.2. The molecule has 0 aromatic heterocycles. The van der Waals surface area contributed by atoms with Crippen LogP contribution in [0.4, 0.5) is 11.4 Å². The van der Waals surface area contributed by atoms with Gasteiger partial charge in [0.2, 0.25) is 0 Å². The number of nitrogens with one attached hydrogen (secondary N) is 2. The molecule has 0 aliphatic heterocycles. The minimum absolute atomic E-state index is 0.00401. The molecule has 0 spiro atoms. The number of nitro benzene ring substituents is 1. The van der Waals surface area contributed by atoms with Crippen molar-refractivity contribution in [3.63, 3.8) is 0 Å². The molecule has 0 unspecified atom stereocenters. The first-order chi connectivity index (χ1) is 11.8. The highest BCUT2D eigenvalue weighted by molar-refractivity contribution is 7.80. The molecule has 2 aromatic rings. The van der Waals surface area contributed by atoms with Crippen LogP contribution in [0.3, 0.4) is 0 Å². The molecule has 0 saturated heterocycles. The van der Waals surface area contributed by atoms with Crippen LogP contribution in [-0.2, 0) is 4.79 Å². The number of non-ortho nitro benzene ring substituents is 1. The topological polar surface area (TPSA) is 114 Å². The second-order valence-corrected chi connectivity index (χ2v) is 5.47. The molecular weight excluding hydrogens is 346 g/mol. The molecule has 0 atom stereocenters. The lowest BCUT2D eigenvalue weighted by molar-refractivity contribution is -0.384. The summed E-state index contributed by atoms with van der Waals surface area (Å²) >= 11 is 5.01. The molecule has 0 aliphatic carbocycles. The molecule has 0 aliphatic rings. The van der Waals surface area contributed by atoms with E-state index in [0.717, 1.165) is 5.56 Å². The summed E-state index contributed by atoms with van der Waals surface area (Å²) in [6.07, 6.45) is 0. The van der Waals surface area contributed by atoms with Crippen LogP contribution in [0.5, 0.6) is 11.5 Å². The van der Waals surface area contributed by atoms with Crippen LogP contribution in [0.1, 0.15) is 5.56 Å². The van der Waals surface area contributed by atoms with E-state index in [0.29, 0.717) is 11.4 Å². The van der Waals surface area contributed by atoms with Gasteiger partial charge in [-0.2, -0.15) is 0 Å². The Morgan fingerprint density at radius 2 is 1.96 bits per heavy atom. The number of rotatable bonds is 5. The Hall–Kier alpha value is -3.20. The van der Waals surface area contributed by atoms with E-state index in [1.807, 2.05) is 6.92 Å². The van der Waals surface area contributed by atoms with Crippen LogP contribution in [0.25, 0.3) is 0 Å². The molecule has 0 heterocycles. The summed E-state index contributed by atoms with van der Waals surface area (Å²) < 4.78 is 5.23. The highest BCUT2D eigenvalue weighted by Crippen LogP contribution is 2.23. The monoisotopic (exact) mass is 361 g/mol. The maximum absolute atomic E-state index is 11.8. The number of phenolic OH excluding ortho intramolecular Hbond substituents is 1. The van der Waals surface area contributed by atoms with Gasteiger partial charge >= 0.3 is 0 Å². The van der Waals surface area contributed by atoms with E-state index in [2.05, 4.69) is 10.6 Å². The minimum Gasteiger partial charge on any atom is -0.506 e. The fraction of sp³-hybridized carbons (Fsp3) is 0.125. The van der Waals surface area contributed by atoms with E-state index in [9.17, 15) is 20.0 Å². The molecule has 2 aromatic carbocycles. The molecule has 0 radical (unpaired) electrons. The first-order valence-electron chi connectivity index (χ1n) is 7.13. The highest BCUT2D eigenvalue weighted by atomic mass is 32.1. The van der Waals surface area contributed by atoms with E-state index in [-0.39, 0.29) is 23.2 Å². The summed E-state index contributed by atoms with van der Waals surface area (Å²) in [4.78, 5) is 21.8. The molecule has 0 fully saturated rings. The molecule has 1 amide bonds. The molecule has 25 heavy (non-hydrogen) atoms. The van der Waals surface area contributed by atoms with Gasteiger partial charge in [-0.1, -0.05) is 6.07 Å². The fourth-order valence-electron chi connectivity index (χ4n) is 1.88. The van der Waals surface area contributed by atoms with Crippen molar-refractivity contribution in [2.24, 2.45) is 0 Å². The summed E-state index contributed by atoms with van der Waals surface area (Å²) in [6, 6.07) is 10.3. The van der Waals surface area contributed by atoms with Crippen molar-refractivity contribution >= 4 is 34.6 Å². The van der Waals surface area contributed by atoms with Gasteiger partial charge in [-0.15, -0.1) is 0 Å². The first kappa shape index (κ1) is 18.1. The van der Waals surface area contributed by atoms with Crippen molar-refractivity contribution in [3.05, 3.63) is 58.1 Å². The van der Waals surface area contributed by atoms with Crippen LogP contribution in [0.2, 0.25) is 0 Å². The Morgan fingerprint density at radius 3 is 2.60 bits per heavy atom. The molecule has 2 rings (SSSR count). The zero-order chi connectivity index (χ0) is 18.4. The van der Waals surface area contributed by atoms with Gasteiger partial charge in [0, 0.05) is 12.1 Å². The van der Waals surface area contributed by atoms with Crippen molar-refractivity contribution < 1.29 is 19.6 Å². The van der Waals surface area contributed by atoms with Gasteiger partial charge in [-0.25, -0.2) is 0 Å². The van der Waals surface area contributed by atoms with Gasteiger partial charge in [-0.3, -0.25) is 20.2 Å². The zero-order valence-corrected chi connectivity index (χ0v) is 14.0. The summed E-state index contributed by atoms with van der Waals surface area (Å²) in [5, 5.41) is 25.4. The molecule has 9 heteroatoms. The number of anilines is 1. The number of aryl methyl sites for hydroxylation is 1. The van der Waals surface area contributed by atoms with E-state index in [1.54, 1.807) is 12.1 Å². The van der Waals surface area contributed by atoms with Gasteiger partial charge in [0.05, 0.1) is 10.6 Å². The second-order valence-electron chi connectivity index (χ2n) is 5.06. The lowest BCUT2D eigenvalue weighted by Gasteiger charge is -2.12. The number of hydrogen-bond acceptors (Lipinski definition) is 6. The van der Waals surface area contributed by atoms with E-state index in [1.165, 1.54) is 30.3 Å².